The first-order chi connectivity index (χ1) is 8.83. The fourth-order valence-electron chi connectivity index (χ4n) is 3.93. The summed E-state index contributed by atoms with van der Waals surface area (Å²) in [5.41, 5.74) is 5.94. The molecular formula is C14H26N2O2. The predicted molar refractivity (Wildman–Crippen MR) is 70.2 cm³/mol. The molecule has 2 saturated heterocycles. The van der Waals surface area contributed by atoms with Crippen LogP contribution in [-0.2, 0) is 9.47 Å². The van der Waals surface area contributed by atoms with Crippen LogP contribution in [0.15, 0.2) is 0 Å². The smallest absolute Gasteiger partial charge is 0.170 e. The lowest BCUT2D eigenvalue weighted by Gasteiger charge is -2.45. The van der Waals surface area contributed by atoms with Gasteiger partial charge in [-0.25, -0.2) is 0 Å². The highest BCUT2D eigenvalue weighted by atomic mass is 16.7. The summed E-state index contributed by atoms with van der Waals surface area (Å²) in [4.78, 5) is 2.65. The molecule has 4 heteroatoms. The minimum absolute atomic E-state index is 0.233. The van der Waals surface area contributed by atoms with Crippen molar-refractivity contribution in [3.05, 3.63) is 0 Å². The molecule has 3 aliphatic rings. The van der Waals surface area contributed by atoms with Crippen molar-refractivity contribution in [2.75, 3.05) is 32.8 Å². The van der Waals surface area contributed by atoms with Crippen LogP contribution in [0.3, 0.4) is 0 Å². The van der Waals surface area contributed by atoms with E-state index in [2.05, 4.69) is 4.90 Å². The molecule has 0 bridgehead atoms. The summed E-state index contributed by atoms with van der Waals surface area (Å²) >= 11 is 0. The van der Waals surface area contributed by atoms with E-state index in [-0.39, 0.29) is 5.79 Å². The number of likely N-dealkylation sites (tertiary alicyclic amines) is 1. The van der Waals surface area contributed by atoms with Gasteiger partial charge >= 0.3 is 0 Å². The standard InChI is InChI=1S/C14H26N2O2/c15-11-12-3-1-2-4-13(12)16-7-5-14(6-8-16)17-9-10-18-14/h12-13H,1-11,15H2. The second-order valence-electron chi connectivity index (χ2n) is 5.99. The summed E-state index contributed by atoms with van der Waals surface area (Å²) < 4.78 is 11.6. The van der Waals surface area contributed by atoms with E-state index >= 15 is 0 Å². The maximum absolute atomic E-state index is 5.94. The fraction of sp³-hybridized carbons (Fsp3) is 1.00. The molecule has 2 heterocycles. The molecule has 1 saturated carbocycles. The Kier molecular flexibility index (Phi) is 3.89. The number of piperidine rings is 1. The second kappa shape index (κ2) is 5.45. The van der Waals surface area contributed by atoms with Gasteiger partial charge in [0, 0.05) is 32.0 Å². The second-order valence-corrected chi connectivity index (χ2v) is 5.99. The van der Waals surface area contributed by atoms with Gasteiger partial charge in [0.15, 0.2) is 5.79 Å². The number of ether oxygens (including phenoxy) is 2. The van der Waals surface area contributed by atoms with Gasteiger partial charge < -0.3 is 15.2 Å². The van der Waals surface area contributed by atoms with Gasteiger partial charge in [0.1, 0.15) is 0 Å². The number of rotatable bonds is 2. The van der Waals surface area contributed by atoms with E-state index in [1.165, 1.54) is 25.7 Å². The molecule has 18 heavy (non-hydrogen) atoms. The third-order valence-corrected chi connectivity index (χ3v) is 5.01. The Hall–Kier alpha value is -0.160. The Morgan fingerprint density at radius 2 is 1.72 bits per heavy atom. The normalized spacial score (nSPS) is 37.2. The first-order valence-corrected chi connectivity index (χ1v) is 7.55. The molecule has 0 radical (unpaired) electrons. The number of hydrogen-bond acceptors (Lipinski definition) is 4. The Balaban J connectivity index is 1.57. The summed E-state index contributed by atoms with van der Waals surface area (Å²) in [6, 6.07) is 0.711. The molecule has 1 spiro atoms. The molecular weight excluding hydrogens is 228 g/mol. The first kappa shape index (κ1) is 12.9. The minimum Gasteiger partial charge on any atom is -0.347 e. The lowest BCUT2D eigenvalue weighted by atomic mass is 9.82. The van der Waals surface area contributed by atoms with Gasteiger partial charge in [-0.1, -0.05) is 12.8 Å². The van der Waals surface area contributed by atoms with E-state index in [1.807, 2.05) is 0 Å². The topological polar surface area (TPSA) is 47.7 Å². The monoisotopic (exact) mass is 254 g/mol. The van der Waals surface area contributed by atoms with Crippen molar-refractivity contribution in [3.63, 3.8) is 0 Å². The summed E-state index contributed by atoms with van der Waals surface area (Å²) in [7, 11) is 0. The molecule has 0 aromatic heterocycles. The molecule has 2 N–H and O–H groups in total. The predicted octanol–water partition coefficient (Wildman–Crippen LogP) is 1.34. The van der Waals surface area contributed by atoms with Crippen molar-refractivity contribution in [2.45, 2.75) is 50.4 Å². The summed E-state index contributed by atoms with van der Waals surface area (Å²) in [6.07, 6.45) is 7.44. The van der Waals surface area contributed by atoms with Gasteiger partial charge in [0.25, 0.3) is 0 Å². The minimum atomic E-state index is -0.233. The number of nitrogens with zero attached hydrogens (tertiary/aromatic N) is 1. The zero-order chi connectivity index (χ0) is 12.4. The summed E-state index contributed by atoms with van der Waals surface area (Å²) in [5, 5.41) is 0. The number of hydrogen-bond donors (Lipinski definition) is 1. The van der Waals surface area contributed by atoms with E-state index < -0.39 is 0 Å². The Morgan fingerprint density at radius 1 is 1.06 bits per heavy atom. The molecule has 0 aromatic rings. The van der Waals surface area contributed by atoms with Crippen molar-refractivity contribution in [2.24, 2.45) is 11.7 Å². The van der Waals surface area contributed by atoms with Gasteiger partial charge in [-0.2, -0.15) is 0 Å². The fourth-order valence-corrected chi connectivity index (χ4v) is 3.93. The van der Waals surface area contributed by atoms with Crippen LogP contribution >= 0.6 is 0 Å². The van der Waals surface area contributed by atoms with Crippen molar-refractivity contribution in [3.8, 4) is 0 Å². The maximum atomic E-state index is 5.94. The zero-order valence-corrected chi connectivity index (χ0v) is 11.3. The highest BCUT2D eigenvalue weighted by molar-refractivity contribution is 4.90. The molecule has 3 fully saturated rings. The van der Waals surface area contributed by atoms with Gasteiger partial charge in [0.2, 0.25) is 0 Å². The van der Waals surface area contributed by atoms with Crippen molar-refractivity contribution >= 4 is 0 Å². The van der Waals surface area contributed by atoms with Crippen molar-refractivity contribution < 1.29 is 9.47 Å². The highest BCUT2D eigenvalue weighted by Crippen LogP contribution is 2.35. The molecule has 1 aliphatic carbocycles. The third-order valence-electron chi connectivity index (χ3n) is 5.01. The Morgan fingerprint density at radius 3 is 2.39 bits per heavy atom. The first-order valence-electron chi connectivity index (χ1n) is 7.55. The molecule has 0 aromatic carbocycles. The van der Waals surface area contributed by atoms with Crippen molar-refractivity contribution in [1.29, 1.82) is 0 Å². The highest BCUT2D eigenvalue weighted by Gasteiger charge is 2.42. The summed E-state index contributed by atoms with van der Waals surface area (Å²) in [6.45, 7) is 4.62. The average Bonchev–Trinajstić information content (AvgIpc) is 2.88. The SMILES string of the molecule is NCC1CCCCC1N1CCC2(CC1)OCCO2. The van der Waals surface area contributed by atoms with E-state index in [9.17, 15) is 0 Å². The lowest BCUT2D eigenvalue weighted by Crippen LogP contribution is -2.52. The molecule has 2 unspecified atom stereocenters. The van der Waals surface area contributed by atoms with E-state index in [0.29, 0.717) is 12.0 Å². The van der Waals surface area contributed by atoms with Gasteiger partial charge in [-0.15, -0.1) is 0 Å². The largest absolute Gasteiger partial charge is 0.347 e. The van der Waals surface area contributed by atoms with Crippen LogP contribution in [0.1, 0.15) is 38.5 Å². The van der Waals surface area contributed by atoms with Crippen LogP contribution in [0, 0.1) is 5.92 Å². The third kappa shape index (κ3) is 2.44. The van der Waals surface area contributed by atoms with Crippen LogP contribution in [0.2, 0.25) is 0 Å². The molecule has 0 amide bonds. The lowest BCUT2D eigenvalue weighted by molar-refractivity contribution is -0.189. The Bertz CT molecular complexity index is 269. The van der Waals surface area contributed by atoms with Crippen LogP contribution in [-0.4, -0.2) is 49.6 Å². The van der Waals surface area contributed by atoms with Crippen LogP contribution in [0.25, 0.3) is 0 Å². The van der Waals surface area contributed by atoms with Gasteiger partial charge in [0.05, 0.1) is 13.2 Å². The van der Waals surface area contributed by atoms with Crippen molar-refractivity contribution in [1.82, 2.24) is 4.90 Å². The number of nitrogens with two attached hydrogens (primary N) is 1. The van der Waals surface area contributed by atoms with E-state index in [1.54, 1.807) is 0 Å². The molecule has 104 valence electrons. The molecule has 3 rings (SSSR count). The van der Waals surface area contributed by atoms with E-state index in [4.69, 9.17) is 15.2 Å². The van der Waals surface area contributed by atoms with Gasteiger partial charge in [-0.3, -0.25) is 4.90 Å². The zero-order valence-electron chi connectivity index (χ0n) is 11.3. The maximum Gasteiger partial charge on any atom is 0.170 e. The molecule has 2 aliphatic heterocycles. The summed E-state index contributed by atoms with van der Waals surface area (Å²) in [5.74, 6) is 0.474. The van der Waals surface area contributed by atoms with E-state index in [0.717, 1.165) is 45.7 Å². The van der Waals surface area contributed by atoms with Crippen LogP contribution in [0.5, 0.6) is 0 Å². The van der Waals surface area contributed by atoms with Gasteiger partial charge in [-0.05, 0) is 25.3 Å². The Labute approximate surface area is 110 Å². The molecule has 4 nitrogen and oxygen atoms in total. The molecule has 2 atom stereocenters. The van der Waals surface area contributed by atoms with Crippen LogP contribution in [0.4, 0.5) is 0 Å². The van der Waals surface area contributed by atoms with Crippen LogP contribution < -0.4 is 5.73 Å². The quantitative estimate of drug-likeness (QED) is 0.808. The average molecular weight is 254 g/mol.